The van der Waals surface area contributed by atoms with Crippen molar-refractivity contribution in [1.82, 2.24) is 0 Å². The molecule has 2 N–H and O–H groups in total. The van der Waals surface area contributed by atoms with Crippen molar-refractivity contribution in [3.05, 3.63) is 28.8 Å². The van der Waals surface area contributed by atoms with Crippen LogP contribution in [0.1, 0.15) is 30.6 Å². The van der Waals surface area contributed by atoms with Crippen molar-refractivity contribution in [3.8, 4) is 0 Å². The van der Waals surface area contributed by atoms with E-state index in [1.54, 1.807) is 12.1 Å². The summed E-state index contributed by atoms with van der Waals surface area (Å²) < 4.78 is 5.45. The summed E-state index contributed by atoms with van der Waals surface area (Å²) in [5.74, 6) is -0.455. The van der Waals surface area contributed by atoms with Crippen LogP contribution in [0, 0.1) is 5.92 Å². The Labute approximate surface area is 118 Å². The number of rotatable bonds is 8. The predicted molar refractivity (Wildman–Crippen MR) is 77.2 cm³/mol. The quantitative estimate of drug-likeness (QED) is 0.718. The minimum absolute atomic E-state index is 0.190. The molecule has 0 aliphatic heterocycles. The van der Waals surface area contributed by atoms with Gasteiger partial charge in [0.15, 0.2) is 0 Å². The highest BCUT2D eigenvalue weighted by Gasteiger charge is 2.10. The van der Waals surface area contributed by atoms with E-state index in [9.17, 15) is 4.79 Å². The minimum Gasteiger partial charge on any atom is -0.478 e. The molecule has 0 atom stereocenters. The molecule has 0 unspecified atom stereocenters. The SMILES string of the molecule is CC(C)COCCCNc1ccc(Cl)cc1C(=O)O. The average molecular weight is 286 g/mol. The second-order valence-corrected chi connectivity index (χ2v) is 5.18. The Hall–Kier alpha value is -1.26. The molecule has 1 aromatic carbocycles. The van der Waals surface area contributed by atoms with Crippen molar-refractivity contribution in [2.75, 3.05) is 25.1 Å². The van der Waals surface area contributed by atoms with Crippen molar-refractivity contribution in [1.29, 1.82) is 0 Å². The van der Waals surface area contributed by atoms with Crippen molar-refractivity contribution < 1.29 is 14.6 Å². The average Bonchev–Trinajstić information content (AvgIpc) is 2.34. The van der Waals surface area contributed by atoms with Gasteiger partial charge in [0.25, 0.3) is 0 Å². The number of anilines is 1. The van der Waals surface area contributed by atoms with Gasteiger partial charge in [-0.1, -0.05) is 25.4 Å². The number of carboxylic acid groups (broad SMARTS) is 1. The molecule has 0 aliphatic rings. The van der Waals surface area contributed by atoms with E-state index < -0.39 is 5.97 Å². The second-order valence-electron chi connectivity index (χ2n) is 4.74. The van der Waals surface area contributed by atoms with Crippen LogP contribution in [0.3, 0.4) is 0 Å². The Morgan fingerprint density at radius 1 is 1.47 bits per heavy atom. The van der Waals surface area contributed by atoms with Crippen LogP contribution in [0.2, 0.25) is 5.02 Å². The molecule has 4 nitrogen and oxygen atoms in total. The lowest BCUT2D eigenvalue weighted by Gasteiger charge is -2.10. The summed E-state index contributed by atoms with van der Waals surface area (Å²) in [6.07, 6.45) is 0.828. The Bertz CT molecular complexity index is 421. The fourth-order valence-electron chi connectivity index (χ4n) is 1.56. The smallest absolute Gasteiger partial charge is 0.337 e. The maximum absolute atomic E-state index is 11.1. The highest BCUT2D eigenvalue weighted by atomic mass is 35.5. The standard InChI is InChI=1S/C14H20ClNO3/c1-10(2)9-19-7-3-6-16-13-5-4-11(15)8-12(13)14(17)18/h4-5,8,10,16H,3,6-7,9H2,1-2H3,(H,17,18). The number of benzene rings is 1. The maximum Gasteiger partial charge on any atom is 0.337 e. The third kappa shape index (κ3) is 5.94. The van der Waals surface area contributed by atoms with E-state index >= 15 is 0 Å². The fraction of sp³-hybridized carbons (Fsp3) is 0.500. The van der Waals surface area contributed by atoms with Crippen LogP contribution in [0.25, 0.3) is 0 Å². The molecule has 0 saturated heterocycles. The number of carbonyl (C=O) groups is 1. The number of nitrogens with one attached hydrogen (secondary N) is 1. The number of hydrogen-bond acceptors (Lipinski definition) is 3. The molecule has 1 rings (SSSR count). The van der Waals surface area contributed by atoms with Gasteiger partial charge in [0.2, 0.25) is 0 Å². The van der Waals surface area contributed by atoms with Crippen LogP contribution in [-0.4, -0.2) is 30.8 Å². The zero-order chi connectivity index (χ0) is 14.3. The molecule has 0 amide bonds. The molecule has 0 radical (unpaired) electrons. The second kappa shape index (κ2) is 8.02. The van der Waals surface area contributed by atoms with Gasteiger partial charge >= 0.3 is 5.97 Å². The zero-order valence-corrected chi connectivity index (χ0v) is 12.0. The molecule has 106 valence electrons. The molecule has 0 saturated carbocycles. The summed E-state index contributed by atoms with van der Waals surface area (Å²) in [6.45, 7) is 6.29. The highest BCUT2D eigenvalue weighted by Crippen LogP contribution is 2.20. The van der Waals surface area contributed by atoms with Gasteiger partial charge in [0, 0.05) is 30.5 Å². The first kappa shape index (κ1) is 15.8. The largest absolute Gasteiger partial charge is 0.478 e. The van der Waals surface area contributed by atoms with Crippen LogP contribution in [0.4, 0.5) is 5.69 Å². The van der Waals surface area contributed by atoms with Gasteiger partial charge in [-0.3, -0.25) is 0 Å². The summed E-state index contributed by atoms with van der Waals surface area (Å²) >= 11 is 5.78. The summed E-state index contributed by atoms with van der Waals surface area (Å²) in [4.78, 5) is 11.1. The Morgan fingerprint density at radius 2 is 2.21 bits per heavy atom. The molecule has 0 spiro atoms. The molecule has 5 heteroatoms. The van der Waals surface area contributed by atoms with Gasteiger partial charge in [-0.2, -0.15) is 0 Å². The number of aromatic carboxylic acids is 1. The summed E-state index contributed by atoms with van der Waals surface area (Å²) in [7, 11) is 0. The zero-order valence-electron chi connectivity index (χ0n) is 11.3. The molecule has 0 fully saturated rings. The van der Waals surface area contributed by atoms with Gasteiger partial charge in [0.05, 0.1) is 5.56 Å². The Balaban J connectivity index is 2.39. The highest BCUT2D eigenvalue weighted by molar-refractivity contribution is 6.31. The molecule has 0 aliphatic carbocycles. The van der Waals surface area contributed by atoms with Crippen LogP contribution in [0.5, 0.6) is 0 Å². The van der Waals surface area contributed by atoms with Crippen LogP contribution < -0.4 is 5.32 Å². The van der Waals surface area contributed by atoms with E-state index in [0.29, 0.717) is 29.8 Å². The summed E-state index contributed by atoms with van der Waals surface area (Å²) in [5, 5.41) is 12.6. The van der Waals surface area contributed by atoms with E-state index in [1.165, 1.54) is 6.07 Å². The van der Waals surface area contributed by atoms with Gasteiger partial charge in [0.1, 0.15) is 0 Å². The van der Waals surface area contributed by atoms with Crippen LogP contribution in [0.15, 0.2) is 18.2 Å². The van der Waals surface area contributed by atoms with E-state index in [0.717, 1.165) is 13.0 Å². The lowest BCUT2D eigenvalue weighted by Crippen LogP contribution is -2.11. The Morgan fingerprint density at radius 3 is 2.84 bits per heavy atom. The van der Waals surface area contributed by atoms with Crippen LogP contribution >= 0.6 is 11.6 Å². The first-order valence-electron chi connectivity index (χ1n) is 6.35. The van der Waals surface area contributed by atoms with Gasteiger partial charge in [-0.25, -0.2) is 4.79 Å². The molecule has 19 heavy (non-hydrogen) atoms. The molecule has 0 bridgehead atoms. The van der Waals surface area contributed by atoms with E-state index in [1.807, 2.05) is 0 Å². The first-order chi connectivity index (χ1) is 9.00. The van der Waals surface area contributed by atoms with E-state index in [-0.39, 0.29) is 5.56 Å². The summed E-state index contributed by atoms with van der Waals surface area (Å²) in [5.41, 5.74) is 0.774. The normalized spacial score (nSPS) is 10.7. The monoisotopic (exact) mass is 285 g/mol. The van der Waals surface area contributed by atoms with E-state index in [2.05, 4.69) is 19.2 Å². The topological polar surface area (TPSA) is 58.6 Å². The Kier molecular flexibility index (Phi) is 6.67. The fourth-order valence-corrected chi connectivity index (χ4v) is 1.74. The molecule has 0 aromatic heterocycles. The molecule has 0 heterocycles. The lowest BCUT2D eigenvalue weighted by atomic mass is 10.2. The molecular weight excluding hydrogens is 266 g/mol. The number of carboxylic acids is 1. The third-order valence-electron chi connectivity index (χ3n) is 2.44. The van der Waals surface area contributed by atoms with Crippen molar-refractivity contribution in [2.24, 2.45) is 5.92 Å². The lowest BCUT2D eigenvalue weighted by molar-refractivity contribution is 0.0698. The maximum atomic E-state index is 11.1. The van der Waals surface area contributed by atoms with Gasteiger partial charge in [-0.05, 0) is 30.5 Å². The first-order valence-corrected chi connectivity index (χ1v) is 6.73. The van der Waals surface area contributed by atoms with Crippen LogP contribution in [-0.2, 0) is 4.74 Å². The van der Waals surface area contributed by atoms with Gasteiger partial charge < -0.3 is 15.2 Å². The number of ether oxygens (including phenoxy) is 1. The molecular formula is C14H20ClNO3. The minimum atomic E-state index is -0.985. The van der Waals surface area contributed by atoms with Crippen molar-refractivity contribution in [3.63, 3.8) is 0 Å². The number of halogens is 1. The molecule has 1 aromatic rings. The van der Waals surface area contributed by atoms with Crippen molar-refractivity contribution >= 4 is 23.3 Å². The van der Waals surface area contributed by atoms with E-state index in [4.69, 9.17) is 21.4 Å². The van der Waals surface area contributed by atoms with Gasteiger partial charge in [-0.15, -0.1) is 0 Å². The number of hydrogen-bond donors (Lipinski definition) is 2. The predicted octanol–water partition coefficient (Wildman–Crippen LogP) is 3.51. The van der Waals surface area contributed by atoms with Crippen molar-refractivity contribution in [2.45, 2.75) is 20.3 Å². The third-order valence-corrected chi connectivity index (χ3v) is 2.68. The summed E-state index contributed by atoms with van der Waals surface area (Å²) in [6, 6.07) is 4.80.